The van der Waals surface area contributed by atoms with Crippen molar-refractivity contribution in [3.63, 3.8) is 0 Å². The van der Waals surface area contributed by atoms with Gasteiger partial charge in [0, 0.05) is 38.3 Å². The van der Waals surface area contributed by atoms with Crippen LogP contribution in [0.3, 0.4) is 0 Å². The molecule has 1 unspecified atom stereocenters. The molecule has 0 bridgehead atoms. The third-order valence-corrected chi connectivity index (χ3v) is 6.11. The SMILES string of the molecule is CC(c1nc(-c2cccc(C(F)(F)F)c2)no1)N1CCN(Cc2cnn(-c3ccccc3)n2)CC1. The minimum atomic E-state index is -4.43. The van der Waals surface area contributed by atoms with E-state index in [1.807, 2.05) is 37.3 Å². The topological polar surface area (TPSA) is 76.1 Å². The number of rotatable bonds is 6. The number of alkyl halides is 3. The van der Waals surface area contributed by atoms with E-state index in [-0.39, 0.29) is 17.4 Å². The molecule has 2 aromatic carbocycles. The Balaban J connectivity index is 1.18. The maximum Gasteiger partial charge on any atom is 0.416 e. The van der Waals surface area contributed by atoms with Crippen LogP contribution in [-0.2, 0) is 12.7 Å². The van der Waals surface area contributed by atoms with E-state index in [4.69, 9.17) is 4.52 Å². The Morgan fingerprint density at radius 1 is 1.00 bits per heavy atom. The van der Waals surface area contributed by atoms with Crippen LogP contribution in [0.25, 0.3) is 17.1 Å². The molecule has 1 atom stereocenters. The van der Waals surface area contributed by atoms with Crippen LogP contribution in [0.2, 0.25) is 0 Å². The van der Waals surface area contributed by atoms with Crippen molar-refractivity contribution in [2.24, 2.45) is 0 Å². The summed E-state index contributed by atoms with van der Waals surface area (Å²) in [7, 11) is 0. The lowest BCUT2D eigenvalue weighted by Crippen LogP contribution is -2.46. The Morgan fingerprint density at radius 2 is 1.77 bits per heavy atom. The summed E-state index contributed by atoms with van der Waals surface area (Å²) in [6.07, 6.45) is -2.64. The Labute approximate surface area is 200 Å². The van der Waals surface area contributed by atoms with E-state index in [2.05, 4.69) is 30.1 Å². The average Bonchev–Trinajstić information content (AvgIpc) is 3.55. The molecule has 0 radical (unpaired) electrons. The predicted molar refractivity (Wildman–Crippen MR) is 121 cm³/mol. The van der Waals surface area contributed by atoms with Gasteiger partial charge in [-0.1, -0.05) is 35.5 Å². The van der Waals surface area contributed by atoms with Gasteiger partial charge in [-0.3, -0.25) is 9.80 Å². The molecule has 2 aromatic heterocycles. The summed E-state index contributed by atoms with van der Waals surface area (Å²) in [6.45, 7) is 5.90. The molecule has 0 saturated carbocycles. The van der Waals surface area contributed by atoms with E-state index in [1.165, 1.54) is 6.07 Å². The van der Waals surface area contributed by atoms with Gasteiger partial charge in [0.15, 0.2) is 0 Å². The Morgan fingerprint density at radius 3 is 2.51 bits per heavy atom. The molecule has 182 valence electrons. The molecular formula is C24H24F3N7O. The highest BCUT2D eigenvalue weighted by Gasteiger charge is 2.31. The number of hydrogen-bond acceptors (Lipinski definition) is 7. The zero-order valence-electron chi connectivity index (χ0n) is 19.1. The average molecular weight is 483 g/mol. The van der Waals surface area contributed by atoms with Crippen LogP contribution in [0.5, 0.6) is 0 Å². The van der Waals surface area contributed by atoms with Crippen LogP contribution in [-0.4, -0.2) is 61.1 Å². The van der Waals surface area contributed by atoms with Gasteiger partial charge in [-0.05, 0) is 31.2 Å². The van der Waals surface area contributed by atoms with Crippen molar-refractivity contribution in [3.05, 3.63) is 77.9 Å². The van der Waals surface area contributed by atoms with E-state index < -0.39 is 11.7 Å². The number of benzene rings is 2. The van der Waals surface area contributed by atoms with Crippen LogP contribution in [0.1, 0.15) is 30.1 Å². The molecule has 11 heteroatoms. The third kappa shape index (κ3) is 5.25. The molecule has 0 spiro atoms. The number of para-hydroxylation sites is 1. The molecule has 35 heavy (non-hydrogen) atoms. The lowest BCUT2D eigenvalue weighted by molar-refractivity contribution is -0.137. The molecule has 1 aliphatic heterocycles. The van der Waals surface area contributed by atoms with Gasteiger partial charge in [0.1, 0.15) is 0 Å². The largest absolute Gasteiger partial charge is 0.416 e. The lowest BCUT2D eigenvalue weighted by atomic mass is 10.1. The maximum absolute atomic E-state index is 13.0. The van der Waals surface area contributed by atoms with Crippen LogP contribution < -0.4 is 0 Å². The summed E-state index contributed by atoms with van der Waals surface area (Å²) in [4.78, 5) is 10.5. The number of piperazine rings is 1. The molecule has 0 amide bonds. The first kappa shape index (κ1) is 23.2. The third-order valence-electron chi connectivity index (χ3n) is 6.11. The molecule has 3 heterocycles. The monoisotopic (exact) mass is 483 g/mol. The van der Waals surface area contributed by atoms with Gasteiger partial charge in [0.2, 0.25) is 11.7 Å². The van der Waals surface area contributed by atoms with Crippen molar-refractivity contribution >= 4 is 0 Å². The summed E-state index contributed by atoms with van der Waals surface area (Å²) >= 11 is 0. The highest BCUT2D eigenvalue weighted by molar-refractivity contribution is 5.55. The van der Waals surface area contributed by atoms with Crippen LogP contribution in [0.4, 0.5) is 13.2 Å². The highest BCUT2D eigenvalue weighted by atomic mass is 19.4. The summed E-state index contributed by atoms with van der Waals surface area (Å²) in [6, 6.07) is 14.6. The van der Waals surface area contributed by atoms with Crippen LogP contribution in [0.15, 0.2) is 65.3 Å². The van der Waals surface area contributed by atoms with Gasteiger partial charge >= 0.3 is 6.18 Å². The Kier molecular flexibility index (Phi) is 6.35. The predicted octanol–water partition coefficient (Wildman–Crippen LogP) is 4.21. The van der Waals surface area contributed by atoms with Gasteiger partial charge in [0.05, 0.1) is 29.2 Å². The second-order valence-corrected chi connectivity index (χ2v) is 8.48. The molecule has 1 saturated heterocycles. The lowest BCUT2D eigenvalue weighted by Gasteiger charge is -2.36. The molecular weight excluding hydrogens is 459 g/mol. The van der Waals surface area contributed by atoms with Crippen molar-refractivity contribution in [2.75, 3.05) is 26.2 Å². The van der Waals surface area contributed by atoms with Gasteiger partial charge in [-0.15, -0.1) is 0 Å². The summed E-state index contributed by atoms with van der Waals surface area (Å²) in [5, 5.41) is 12.9. The van der Waals surface area contributed by atoms with Crippen molar-refractivity contribution in [3.8, 4) is 17.1 Å². The van der Waals surface area contributed by atoms with E-state index in [9.17, 15) is 13.2 Å². The normalized spacial score (nSPS) is 16.5. The van der Waals surface area contributed by atoms with Crippen molar-refractivity contribution < 1.29 is 17.7 Å². The zero-order valence-corrected chi connectivity index (χ0v) is 19.1. The first-order valence-corrected chi connectivity index (χ1v) is 11.3. The minimum Gasteiger partial charge on any atom is -0.337 e. The van der Waals surface area contributed by atoms with Gasteiger partial charge in [-0.25, -0.2) is 0 Å². The van der Waals surface area contributed by atoms with E-state index in [1.54, 1.807) is 17.1 Å². The maximum atomic E-state index is 13.0. The quantitative estimate of drug-likeness (QED) is 0.407. The highest BCUT2D eigenvalue weighted by Crippen LogP contribution is 2.32. The second kappa shape index (κ2) is 9.59. The number of hydrogen-bond donors (Lipinski definition) is 0. The van der Waals surface area contributed by atoms with Gasteiger partial charge in [0.25, 0.3) is 0 Å². The summed E-state index contributed by atoms with van der Waals surface area (Å²) in [5.41, 5.74) is 1.35. The fourth-order valence-corrected chi connectivity index (χ4v) is 4.10. The van der Waals surface area contributed by atoms with Crippen LogP contribution >= 0.6 is 0 Å². The molecule has 8 nitrogen and oxygen atoms in total. The summed E-state index contributed by atoms with van der Waals surface area (Å²) < 4.78 is 44.5. The fourth-order valence-electron chi connectivity index (χ4n) is 4.10. The van der Waals surface area contributed by atoms with Crippen LogP contribution in [0, 0.1) is 0 Å². The molecule has 1 aliphatic rings. The number of halogens is 3. The number of nitrogens with zero attached hydrogens (tertiary/aromatic N) is 7. The second-order valence-electron chi connectivity index (χ2n) is 8.48. The van der Waals surface area contributed by atoms with Crippen molar-refractivity contribution in [2.45, 2.75) is 25.7 Å². The van der Waals surface area contributed by atoms with E-state index in [0.29, 0.717) is 12.4 Å². The fraction of sp³-hybridized carbons (Fsp3) is 0.333. The zero-order chi connectivity index (χ0) is 24.4. The Hall–Kier alpha value is -3.57. The number of aromatic nitrogens is 5. The first-order valence-electron chi connectivity index (χ1n) is 11.3. The molecule has 0 N–H and O–H groups in total. The molecule has 0 aliphatic carbocycles. The molecule has 1 fully saturated rings. The summed E-state index contributed by atoms with van der Waals surface area (Å²) in [5.74, 6) is 0.537. The van der Waals surface area contributed by atoms with E-state index >= 15 is 0 Å². The smallest absolute Gasteiger partial charge is 0.337 e. The molecule has 4 aromatic rings. The van der Waals surface area contributed by atoms with E-state index in [0.717, 1.165) is 49.7 Å². The van der Waals surface area contributed by atoms with Gasteiger partial charge < -0.3 is 4.52 Å². The molecule has 5 rings (SSSR count). The van der Waals surface area contributed by atoms with Crippen molar-refractivity contribution in [1.29, 1.82) is 0 Å². The standard InChI is InChI=1S/C24H24F3N7O/c1-17(23-29-22(31-35-23)18-6-5-7-19(14-18)24(25,26)27)33-12-10-32(11-13-33)16-20-15-28-34(30-20)21-8-3-2-4-9-21/h2-9,14-15,17H,10-13,16H2,1H3. The Bertz CT molecular complexity index is 1260. The van der Waals surface area contributed by atoms with Gasteiger partial charge in [-0.2, -0.15) is 33.1 Å². The minimum absolute atomic E-state index is 0.150. The van der Waals surface area contributed by atoms with Crippen molar-refractivity contribution in [1.82, 2.24) is 34.9 Å². The first-order chi connectivity index (χ1) is 16.9.